The molecule has 0 radical (unpaired) electrons. The third kappa shape index (κ3) is 2.90. The van der Waals surface area contributed by atoms with Crippen LogP contribution in [0.25, 0.3) is 0 Å². The average Bonchev–Trinajstić information content (AvgIpc) is 2.42. The fraction of sp³-hybridized carbons (Fsp3) is 0.312. The van der Waals surface area contributed by atoms with Crippen LogP contribution in [0, 0.1) is 27.7 Å². The van der Waals surface area contributed by atoms with Gasteiger partial charge in [-0.2, -0.15) is 0 Å². The molecule has 0 aliphatic rings. The predicted molar refractivity (Wildman–Crippen MR) is 84.2 cm³/mol. The maximum Gasteiger partial charge on any atom is 0.0709 e. The monoisotopic (exact) mass is 288 g/mol. The van der Waals surface area contributed by atoms with Crippen molar-refractivity contribution in [3.63, 3.8) is 0 Å². The van der Waals surface area contributed by atoms with Crippen molar-refractivity contribution in [2.45, 2.75) is 38.3 Å². The minimum atomic E-state index is -1.10. The van der Waals surface area contributed by atoms with Gasteiger partial charge in [0.25, 0.3) is 0 Å². The zero-order valence-electron chi connectivity index (χ0n) is 12.4. The van der Waals surface area contributed by atoms with E-state index in [9.17, 15) is 4.21 Å². The smallest absolute Gasteiger partial charge is 0.0709 e. The molecule has 2 aromatic rings. The van der Waals surface area contributed by atoms with E-state index < -0.39 is 10.8 Å². The number of rotatable bonds is 3. The normalized spacial score (nSPS) is 12.4. The molecule has 0 bridgehead atoms. The largest absolute Gasteiger partial charge is 0.398 e. The number of nitrogens with two attached hydrogens (primary N) is 1. The van der Waals surface area contributed by atoms with Gasteiger partial charge in [0.05, 0.1) is 22.2 Å². The molecule has 1 aromatic heterocycles. The summed E-state index contributed by atoms with van der Waals surface area (Å²) in [6.45, 7) is 7.86. The second-order valence-electron chi connectivity index (χ2n) is 5.19. The van der Waals surface area contributed by atoms with Crippen LogP contribution in [-0.4, -0.2) is 9.19 Å². The summed E-state index contributed by atoms with van der Waals surface area (Å²) < 4.78 is 12.6. The lowest BCUT2D eigenvalue weighted by Gasteiger charge is -2.11. The summed E-state index contributed by atoms with van der Waals surface area (Å²) >= 11 is 0. The van der Waals surface area contributed by atoms with Gasteiger partial charge in [-0.3, -0.25) is 9.19 Å². The minimum Gasteiger partial charge on any atom is -0.398 e. The Morgan fingerprint density at radius 3 is 2.55 bits per heavy atom. The number of benzene rings is 1. The zero-order chi connectivity index (χ0) is 14.9. The predicted octanol–water partition coefficient (Wildman–Crippen LogP) is 3.21. The van der Waals surface area contributed by atoms with E-state index in [1.807, 2.05) is 45.9 Å². The fourth-order valence-electron chi connectivity index (χ4n) is 2.09. The van der Waals surface area contributed by atoms with Crippen LogP contribution in [0.4, 0.5) is 5.69 Å². The maximum atomic E-state index is 12.6. The van der Waals surface area contributed by atoms with Crippen LogP contribution in [0.2, 0.25) is 0 Å². The van der Waals surface area contributed by atoms with E-state index in [0.717, 1.165) is 38.5 Å². The van der Waals surface area contributed by atoms with E-state index in [1.54, 1.807) is 6.20 Å². The first-order chi connectivity index (χ1) is 9.40. The SMILES string of the molecule is Cc1ccc(C)c(S(=O)Cc2ncc(C)c(N)c2C)c1. The molecule has 0 aliphatic heterocycles. The molecule has 1 heterocycles. The quantitative estimate of drug-likeness (QED) is 0.943. The van der Waals surface area contributed by atoms with Gasteiger partial charge in [-0.15, -0.1) is 0 Å². The first kappa shape index (κ1) is 14.7. The number of nitrogens with zero attached hydrogens (tertiary/aromatic N) is 1. The van der Waals surface area contributed by atoms with E-state index in [4.69, 9.17) is 5.73 Å². The summed E-state index contributed by atoms with van der Waals surface area (Å²) in [6.07, 6.45) is 1.75. The van der Waals surface area contributed by atoms with Gasteiger partial charge in [0, 0.05) is 16.8 Å². The van der Waals surface area contributed by atoms with Crippen LogP contribution in [0.1, 0.15) is 27.9 Å². The van der Waals surface area contributed by atoms with Gasteiger partial charge in [-0.25, -0.2) is 0 Å². The second-order valence-corrected chi connectivity index (χ2v) is 6.60. The lowest BCUT2D eigenvalue weighted by Crippen LogP contribution is -2.06. The molecular formula is C16H20N2OS. The fourth-order valence-corrected chi connectivity index (χ4v) is 3.53. The highest BCUT2D eigenvalue weighted by atomic mass is 32.2. The molecule has 4 heteroatoms. The molecule has 106 valence electrons. The van der Waals surface area contributed by atoms with Gasteiger partial charge in [0.15, 0.2) is 0 Å². The highest BCUT2D eigenvalue weighted by Gasteiger charge is 2.13. The van der Waals surface area contributed by atoms with Crippen molar-refractivity contribution >= 4 is 16.5 Å². The van der Waals surface area contributed by atoms with Crippen LogP contribution in [0.3, 0.4) is 0 Å². The van der Waals surface area contributed by atoms with Crippen molar-refractivity contribution in [1.82, 2.24) is 4.98 Å². The molecule has 1 unspecified atom stereocenters. The molecule has 1 atom stereocenters. The molecule has 0 saturated heterocycles. The Morgan fingerprint density at radius 1 is 1.15 bits per heavy atom. The van der Waals surface area contributed by atoms with Crippen LogP contribution in [0.15, 0.2) is 29.3 Å². The summed E-state index contributed by atoms with van der Waals surface area (Å²) in [4.78, 5) is 5.26. The molecular weight excluding hydrogens is 268 g/mol. The topological polar surface area (TPSA) is 56.0 Å². The number of hydrogen-bond acceptors (Lipinski definition) is 3. The van der Waals surface area contributed by atoms with E-state index in [1.165, 1.54) is 0 Å². The molecule has 3 nitrogen and oxygen atoms in total. The van der Waals surface area contributed by atoms with Gasteiger partial charge >= 0.3 is 0 Å². The van der Waals surface area contributed by atoms with Gasteiger partial charge < -0.3 is 5.73 Å². The van der Waals surface area contributed by atoms with E-state index in [2.05, 4.69) is 4.98 Å². The second kappa shape index (κ2) is 5.75. The number of hydrogen-bond donors (Lipinski definition) is 1. The number of aromatic nitrogens is 1. The van der Waals surface area contributed by atoms with E-state index >= 15 is 0 Å². The van der Waals surface area contributed by atoms with Crippen molar-refractivity contribution in [3.05, 3.63) is 52.3 Å². The lowest BCUT2D eigenvalue weighted by molar-refractivity contribution is 0.681. The third-order valence-corrected chi connectivity index (χ3v) is 5.00. The summed E-state index contributed by atoms with van der Waals surface area (Å²) in [5.41, 5.74) is 11.6. The van der Waals surface area contributed by atoms with E-state index in [0.29, 0.717) is 5.75 Å². The Kier molecular flexibility index (Phi) is 4.23. The van der Waals surface area contributed by atoms with E-state index in [-0.39, 0.29) is 0 Å². The highest BCUT2D eigenvalue weighted by Crippen LogP contribution is 2.22. The Morgan fingerprint density at radius 2 is 1.85 bits per heavy atom. The Labute approximate surface area is 122 Å². The first-order valence-electron chi connectivity index (χ1n) is 6.56. The van der Waals surface area contributed by atoms with Crippen molar-refractivity contribution < 1.29 is 4.21 Å². The molecule has 20 heavy (non-hydrogen) atoms. The summed E-state index contributed by atoms with van der Waals surface area (Å²) in [5.74, 6) is 0.403. The number of aryl methyl sites for hydroxylation is 3. The molecule has 0 saturated carbocycles. The average molecular weight is 288 g/mol. The maximum absolute atomic E-state index is 12.6. The minimum absolute atomic E-state index is 0.403. The Hall–Kier alpha value is -1.68. The van der Waals surface area contributed by atoms with Crippen LogP contribution < -0.4 is 5.73 Å². The highest BCUT2D eigenvalue weighted by molar-refractivity contribution is 7.84. The van der Waals surface area contributed by atoms with Crippen molar-refractivity contribution in [3.8, 4) is 0 Å². The summed E-state index contributed by atoms with van der Waals surface area (Å²) in [6, 6.07) is 6.02. The number of nitrogen functional groups attached to an aromatic ring is 1. The molecule has 0 amide bonds. The zero-order valence-corrected chi connectivity index (χ0v) is 13.2. The molecule has 0 spiro atoms. The summed E-state index contributed by atoms with van der Waals surface area (Å²) in [5, 5.41) is 0. The van der Waals surface area contributed by atoms with Crippen LogP contribution >= 0.6 is 0 Å². The number of anilines is 1. The molecule has 1 aromatic carbocycles. The van der Waals surface area contributed by atoms with Gasteiger partial charge in [0.2, 0.25) is 0 Å². The van der Waals surface area contributed by atoms with Crippen molar-refractivity contribution in [1.29, 1.82) is 0 Å². The molecule has 0 aliphatic carbocycles. The summed E-state index contributed by atoms with van der Waals surface area (Å²) in [7, 11) is -1.10. The molecule has 2 N–H and O–H groups in total. The molecule has 0 fully saturated rings. The third-order valence-electron chi connectivity index (χ3n) is 3.53. The molecule has 2 rings (SSSR count). The number of pyridine rings is 1. The van der Waals surface area contributed by atoms with Gasteiger partial charge in [-0.1, -0.05) is 12.1 Å². The Balaban J connectivity index is 2.33. The lowest BCUT2D eigenvalue weighted by atomic mass is 10.1. The Bertz CT molecular complexity index is 680. The van der Waals surface area contributed by atoms with Gasteiger partial charge in [0.1, 0.15) is 0 Å². The van der Waals surface area contributed by atoms with Crippen molar-refractivity contribution in [2.24, 2.45) is 0 Å². The van der Waals surface area contributed by atoms with Crippen LogP contribution in [-0.2, 0) is 16.6 Å². The van der Waals surface area contributed by atoms with Gasteiger partial charge in [-0.05, 0) is 56.0 Å². The first-order valence-corrected chi connectivity index (χ1v) is 7.88. The standard InChI is InChI=1S/C16H20N2OS/c1-10-5-6-11(2)15(7-10)20(19)9-14-13(4)16(17)12(3)8-18-14/h5-8H,9H2,1-4H3,(H2,17,18). The van der Waals surface area contributed by atoms with Crippen molar-refractivity contribution in [2.75, 3.05) is 5.73 Å². The van der Waals surface area contributed by atoms with Crippen LogP contribution in [0.5, 0.6) is 0 Å².